The van der Waals surface area contributed by atoms with Crippen molar-refractivity contribution in [3.63, 3.8) is 0 Å². The smallest absolute Gasteiger partial charge is 0.410 e. The number of carbonyl (C=O) groups is 2. The lowest BCUT2D eigenvalue weighted by atomic mass is 10.0. The lowest BCUT2D eigenvalue weighted by molar-refractivity contribution is 0.0194. The topological polar surface area (TPSA) is 84.1 Å². The average molecular weight is 615 g/mol. The SMILES string of the molecule is CC(C)(C)OC(=O)N1CCC[C@@H]1[C@@H]1O[C@H]1c1cccc(F)c1.CC(C)(C)OC(=O)N1CCC[C@@H]1[C@H]1O[C@@H]1c1cccc(F)c1. The van der Waals surface area contributed by atoms with E-state index >= 15 is 0 Å². The van der Waals surface area contributed by atoms with Crippen LogP contribution in [0.3, 0.4) is 0 Å². The van der Waals surface area contributed by atoms with Crippen LogP contribution in [0.1, 0.15) is 90.6 Å². The van der Waals surface area contributed by atoms with Crippen LogP contribution >= 0.6 is 0 Å². The zero-order valence-electron chi connectivity index (χ0n) is 26.4. The third-order valence-corrected chi connectivity index (χ3v) is 8.02. The van der Waals surface area contributed by atoms with E-state index in [2.05, 4.69) is 0 Å². The highest BCUT2D eigenvalue weighted by Crippen LogP contribution is 2.46. The quantitative estimate of drug-likeness (QED) is 0.336. The van der Waals surface area contributed by atoms with Crippen LogP contribution in [-0.4, -0.2) is 70.6 Å². The van der Waals surface area contributed by atoms with Gasteiger partial charge in [-0.15, -0.1) is 0 Å². The molecule has 0 saturated carbocycles. The van der Waals surface area contributed by atoms with Crippen LogP contribution in [0.5, 0.6) is 0 Å². The van der Waals surface area contributed by atoms with Gasteiger partial charge in [0.1, 0.15) is 47.3 Å². The van der Waals surface area contributed by atoms with Crippen molar-refractivity contribution in [1.29, 1.82) is 0 Å². The third-order valence-electron chi connectivity index (χ3n) is 8.02. The minimum Gasteiger partial charge on any atom is -0.444 e. The van der Waals surface area contributed by atoms with E-state index in [1.54, 1.807) is 21.9 Å². The largest absolute Gasteiger partial charge is 0.444 e. The van der Waals surface area contributed by atoms with E-state index in [0.29, 0.717) is 13.1 Å². The molecule has 0 aromatic heterocycles. The molecule has 4 saturated heterocycles. The summed E-state index contributed by atoms with van der Waals surface area (Å²) in [6, 6.07) is 13.0. The van der Waals surface area contributed by atoms with Gasteiger partial charge in [0.2, 0.25) is 0 Å². The fourth-order valence-electron chi connectivity index (χ4n) is 6.10. The monoisotopic (exact) mass is 614 g/mol. The zero-order valence-corrected chi connectivity index (χ0v) is 26.4. The van der Waals surface area contributed by atoms with Gasteiger partial charge in [-0.05, 0) is 103 Å². The Morgan fingerprint density at radius 3 is 1.43 bits per heavy atom. The van der Waals surface area contributed by atoms with Crippen LogP contribution in [-0.2, 0) is 18.9 Å². The summed E-state index contributed by atoms with van der Waals surface area (Å²) in [5.41, 5.74) is 0.662. The summed E-state index contributed by atoms with van der Waals surface area (Å²) >= 11 is 0. The van der Waals surface area contributed by atoms with Gasteiger partial charge in [0.15, 0.2) is 0 Å². The molecule has 0 bridgehead atoms. The molecule has 4 aliphatic rings. The van der Waals surface area contributed by atoms with E-state index in [0.717, 1.165) is 36.8 Å². The number of epoxide rings is 2. The van der Waals surface area contributed by atoms with Crippen LogP contribution in [0.15, 0.2) is 48.5 Å². The first-order valence-corrected chi connectivity index (χ1v) is 15.5. The number of halogens is 2. The highest BCUT2D eigenvalue weighted by Gasteiger charge is 2.52. The summed E-state index contributed by atoms with van der Waals surface area (Å²) in [7, 11) is 0. The van der Waals surface area contributed by atoms with Gasteiger partial charge in [-0.25, -0.2) is 18.4 Å². The Kier molecular flexibility index (Phi) is 9.23. The maximum absolute atomic E-state index is 13.3. The van der Waals surface area contributed by atoms with E-state index in [4.69, 9.17) is 18.9 Å². The maximum Gasteiger partial charge on any atom is 0.410 e. The number of rotatable bonds is 4. The number of benzene rings is 2. The summed E-state index contributed by atoms with van der Waals surface area (Å²) in [4.78, 5) is 28.1. The molecule has 4 fully saturated rings. The van der Waals surface area contributed by atoms with Crippen LogP contribution in [0, 0.1) is 11.6 Å². The third kappa shape index (κ3) is 8.07. The van der Waals surface area contributed by atoms with Crippen molar-refractivity contribution in [2.24, 2.45) is 0 Å². The number of likely N-dealkylation sites (tertiary alicyclic amines) is 2. The normalized spacial score (nSPS) is 27.8. The Labute approximate surface area is 258 Å². The molecule has 0 N–H and O–H groups in total. The summed E-state index contributed by atoms with van der Waals surface area (Å²) < 4.78 is 49.0. The molecule has 240 valence electrons. The number of carbonyl (C=O) groups excluding carboxylic acids is 2. The van der Waals surface area contributed by atoms with Gasteiger partial charge < -0.3 is 28.7 Å². The van der Waals surface area contributed by atoms with Gasteiger partial charge in [-0.3, -0.25) is 0 Å². The second kappa shape index (κ2) is 12.6. The predicted octanol–water partition coefficient (Wildman–Crippen LogP) is 7.33. The van der Waals surface area contributed by atoms with Crippen molar-refractivity contribution in [3.8, 4) is 0 Å². The van der Waals surface area contributed by atoms with Crippen LogP contribution in [0.2, 0.25) is 0 Å². The number of hydrogen-bond acceptors (Lipinski definition) is 6. The molecule has 44 heavy (non-hydrogen) atoms. The minimum atomic E-state index is -0.503. The number of ether oxygens (including phenoxy) is 4. The van der Waals surface area contributed by atoms with Crippen LogP contribution in [0.25, 0.3) is 0 Å². The number of amides is 2. The van der Waals surface area contributed by atoms with Crippen molar-refractivity contribution >= 4 is 12.2 Å². The fourth-order valence-corrected chi connectivity index (χ4v) is 6.10. The van der Waals surface area contributed by atoms with Crippen molar-refractivity contribution in [2.75, 3.05) is 13.1 Å². The Bertz CT molecular complexity index is 1240. The fraction of sp³-hybridized carbons (Fsp3) is 0.588. The Hall–Kier alpha value is -3.24. The molecule has 0 spiro atoms. The first-order valence-electron chi connectivity index (χ1n) is 15.5. The van der Waals surface area contributed by atoms with E-state index in [1.807, 2.05) is 53.7 Å². The van der Waals surface area contributed by atoms with E-state index < -0.39 is 11.2 Å². The Morgan fingerprint density at radius 1 is 0.705 bits per heavy atom. The van der Waals surface area contributed by atoms with Crippen molar-refractivity contribution in [3.05, 3.63) is 71.3 Å². The molecule has 2 amide bonds. The average Bonchev–Trinajstić information content (AvgIpc) is 3.79. The molecule has 0 radical (unpaired) electrons. The predicted molar refractivity (Wildman–Crippen MR) is 160 cm³/mol. The van der Waals surface area contributed by atoms with E-state index in [1.165, 1.54) is 24.3 Å². The van der Waals surface area contributed by atoms with Crippen LogP contribution < -0.4 is 0 Å². The van der Waals surface area contributed by atoms with Gasteiger partial charge in [-0.2, -0.15) is 0 Å². The molecule has 10 heteroatoms. The van der Waals surface area contributed by atoms with Gasteiger partial charge in [0, 0.05) is 13.1 Å². The van der Waals surface area contributed by atoms with E-state index in [9.17, 15) is 18.4 Å². The van der Waals surface area contributed by atoms with Crippen molar-refractivity contribution in [2.45, 2.75) is 115 Å². The second-order valence-electron chi connectivity index (χ2n) is 13.9. The number of hydrogen-bond donors (Lipinski definition) is 0. The Morgan fingerprint density at radius 2 is 1.09 bits per heavy atom. The molecule has 6 atom stereocenters. The summed E-state index contributed by atoms with van der Waals surface area (Å²) in [6.07, 6.45) is 2.75. The molecular weight excluding hydrogens is 570 g/mol. The summed E-state index contributed by atoms with van der Waals surface area (Å²) in [5.74, 6) is -0.524. The lowest BCUT2D eigenvalue weighted by Crippen LogP contribution is -2.42. The summed E-state index contributed by atoms with van der Waals surface area (Å²) in [5, 5.41) is 0. The van der Waals surface area contributed by atoms with Gasteiger partial charge in [0.25, 0.3) is 0 Å². The number of nitrogens with zero attached hydrogens (tertiary/aromatic N) is 2. The molecule has 2 aromatic carbocycles. The van der Waals surface area contributed by atoms with E-state index in [-0.39, 0.29) is 60.3 Å². The van der Waals surface area contributed by atoms with Crippen LogP contribution in [0.4, 0.5) is 18.4 Å². The first-order chi connectivity index (χ1) is 20.7. The standard InChI is InChI=1S/2C17H22FNO3/c2*1-17(2,3)22-16(20)19-9-5-8-13(19)15-14(21-15)11-6-4-7-12(18)10-11/h2*4,6-7,10,13-15H,5,8-9H2,1-3H3/t13-,14+,15+;13-,14-,15-/m11/s1. The van der Waals surface area contributed by atoms with Crippen molar-refractivity contribution < 1.29 is 37.3 Å². The Balaban J connectivity index is 0.000000175. The zero-order chi connectivity index (χ0) is 31.8. The summed E-state index contributed by atoms with van der Waals surface area (Å²) in [6.45, 7) is 12.5. The molecule has 4 aliphatic heterocycles. The molecular formula is C34H44F2N2O6. The van der Waals surface area contributed by atoms with Gasteiger partial charge in [-0.1, -0.05) is 24.3 Å². The maximum atomic E-state index is 13.3. The first kappa shape index (κ1) is 32.2. The second-order valence-corrected chi connectivity index (χ2v) is 13.9. The highest BCUT2D eigenvalue weighted by atomic mass is 19.1. The minimum absolute atomic E-state index is 0.0168. The highest BCUT2D eigenvalue weighted by molar-refractivity contribution is 5.69. The lowest BCUT2D eigenvalue weighted by Gasteiger charge is -2.28. The molecule has 4 heterocycles. The molecule has 0 aliphatic carbocycles. The molecule has 6 rings (SSSR count). The van der Waals surface area contributed by atoms with Gasteiger partial charge >= 0.3 is 12.2 Å². The molecule has 2 aromatic rings. The van der Waals surface area contributed by atoms with Crippen molar-refractivity contribution in [1.82, 2.24) is 9.80 Å². The molecule has 8 nitrogen and oxygen atoms in total. The molecule has 0 unspecified atom stereocenters. The van der Waals surface area contributed by atoms with Gasteiger partial charge in [0.05, 0.1) is 12.1 Å².